The lowest BCUT2D eigenvalue weighted by Crippen LogP contribution is -2.37. The molecule has 0 aromatic heterocycles. The molecule has 0 atom stereocenters. The summed E-state index contributed by atoms with van der Waals surface area (Å²) in [4.78, 5) is 2.10. The Labute approximate surface area is 97.9 Å². The molecule has 16 heavy (non-hydrogen) atoms. The molecular formula is C14H20NO. The summed E-state index contributed by atoms with van der Waals surface area (Å²) >= 11 is 0. The van der Waals surface area contributed by atoms with Crippen LogP contribution in [0.3, 0.4) is 0 Å². The topological polar surface area (TPSA) is 23.5 Å². The van der Waals surface area contributed by atoms with Gasteiger partial charge in [0.15, 0.2) is 0 Å². The van der Waals surface area contributed by atoms with Crippen molar-refractivity contribution in [3.8, 4) is 0 Å². The van der Waals surface area contributed by atoms with E-state index in [9.17, 15) is 5.11 Å². The van der Waals surface area contributed by atoms with Gasteiger partial charge in [-0.05, 0) is 31.4 Å². The highest BCUT2D eigenvalue weighted by atomic mass is 16.3. The van der Waals surface area contributed by atoms with Crippen molar-refractivity contribution in [2.45, 2.75) is 38.1 Å². The number of benzene rings is 1. The van der Waals surface area contributed by atoms with Gasteiger partial charge in [-0.2, -0.15) is 0 Å². The molecule has 0 heterocycles. The Morgan fingerprint density at radius 1 is 1.19 bits per heavy atom. The van der Waals surface area contributed by atoms with E-state index in [1.807, 2.05) is 24.3 Å². The smallest absolute Gasteiger partial charge is 0.115 e. The summed E-state index contributed by atoms with van der Waals surface area (Å²) in [5.41, 5.74) is 2.08. The predicted molar refractivity (Wildman–Crippen MR) is 67.3 cm³/mol. The molecule has 0 spiro atoms. The lowest BCUT2D eigenvalue weighted by Gasteiger charge is -2.35. The van der Waals surface area contributed by atoms with Gasteiger partial charge < -0.3 is 10.0 Å². The van der Waals surface area contributed by atoms with E-state index in [0.29, 0.717) is 6.04 Å². The Kier molecular flexibility index (Phi) is 3.83. The van der Waals surface area contributed by atoms with Gasteiger partial charge in [-0.25, -0.2) is 0 Å². The van der Waals surface area contributed by atoms with E-state index in [0.717, 1.165) is 11.3 Å². The van der Waals surface area contributed by atoms with Crippen LogP contribution < -0.4 is 4.90 Å². The first-order valence-corrected chi connectivity index (χ1v) is 6.11. The molecule has 1 radical (unpaired) electrons. The van der Waals surface area contributed by atoms with Crippen molar-refractivity contribution < 1.29 is 5.11 Å². The van der Waals surface area contributed by atoms with Gasteiger partial charge in [-0.3, -0.25) is 0 Å². The van der Waals surface area contributed by atoms with Gasteiger partial charge in [0.05, 0.1) is 0 Å². The number of aliphatic hydroxyl groups is 1. The van der Waals surface area contributed by atoms with Gasteiger partial charge in [-0.1, -0.05) is 37.5 Å². The highest BCUT2D eigenvalue weighted by Crippen LogP contribution is 2.28. The summed E-state index contributed by atoms with van der Waals surface area (Å²) in [6.45, 7) is 4.13. The van der Waals surface area contributed by atoms with Crippen molar-refractivity contribution in [3.63, 3.8) is 0 Å². The zero-order valence-corrected chi connectivity index (χ0v) is 9.73. The van der Waals surface area contributed by atoms with Crippen molar-refractivity contribution in [3.05, 3.63) is 36.8 Å². The van der Waals surface area contributed by atoms with Crippen LogP contribution in [0.2, 0.25) is 0 Å². The first-order valence-electron chi connectivity index (χ1n) is 6.11. The average molecular weight is 218 g/mol. The molecule has 0 aliphatic heterocycles. The lowest BCUT2D eigenvalue weighted by atomic mass is 9.94. The fourth-order valence-electron chi connectivity index (χ4n) is 2.57. The molecule has 2 rings (SSSR count). The molecule has 1 aliphatic carbocycles. The fourth-order valence-corrected chi connectivity index (χ4v) is 2.57. The Bertz CT molecular complexity index is 331. The number of rotatable bonds is 3. The summed E-state index contributed by atoms with van der Waals surface area (Å²) in [6, 6.07) is 8.53. The van der Waals surface area contributed by atoms with Gasteiger partial charge in [0.2, 0.25) is 0 Å². The maximum atomic E-state index is 9.55. The number of aliphatic hydroxyl groups excluding tert-OH is 1. The molecule has 0 unspecified atom stereocenters. The molecule has 1 N–H and O–H groups in total. The summed E-state index contributed by atoms with van der Waals surface area (Å²) in [6.07, 6.45) is 6.27. The molecule has 2 nitrogen and oxygen atoms in total. The third kappa shape index (κ3) is 2.38. The molecule has 87 valence electrons. The summed E-state index contributed by atoms with van der Waals surface area (Å²) in [7, 11) is 0. The monoisotopic (exact) mass is 218 g/mol. The summed E-state index contributed by atoms with van der Waals surface area (Å²) in [5, 5.41) is 9.55. The zero-order valence-electron chi connectivity index (χ0n) is 9.73. The van der Waals surface area contributed by atoms with Crippen molar-refractivity contribution in [1.29, 1.82) is 0 Å². The molecule has 1 aliphatic rings. The van der Waals surface area contributed by atoms with Gasteiger partial charge in [0.1, 0.15) is 6.73 Å². The van der Waals surface area contributed by atoms with Crippen LogP contribution in [0.5, 0.6) is 0 Å². The van der Waals surface area contributed by atoms with Crippen molar-refractivity contribution in [2.24, 2.45) is 0 Å². The molecular weight excluding hydrogens is 198 g/mol. The SMILES string of the molecule is [CH2]c1ccccc1N(CO)C1CCCCC1. The quantitative estimate of drug-likeness (QED) is 0.788. The third-order valence-corrected chi connectivity index (χ3v) is 3.47. The lowest BCUT2D eigenvalue weighted by molar-refractivity contribution is 0.260. The second-order valence-corrected chi connectivity index (χ2v) is 4.53. The van der Waals surface area contributed by atoms with E-state index >= 15 is 0 Å². The van der Waals surface area contributed by atoms with Crippen molar-refractivity contribution in [2.75, 3.05) is 11.6 Å². The average Bonchev–Trinajstić information content (AvgIpc) is 2.34. The van der Waals surface area contributed by atoms with Crippen LogP contribution in [0.15, 0.2) is 24.3 Å². The summed E-state index contributed by atoms with van der Waals surface area (Å²) in [5.74, 6) is 0. The van der Waals surface area contributed by atoms with E-state index < -0.39 is 0 Å². The van der Waals surface area contributed by atoms with E-state index in [1.165, 1.54) is 32.1 Å². The Balaban J connectivity index is 2.18. The highest BCUT2D eigenvalue weighted by molar-refractivity contribution is 5.55. The number of nitrogens with zero attached hydrogens (tertiary/aromatic N) is 1. The number of para-hydroxylation sites is 1. The van der Waals surface area contributed by atoms with Crippen LogP contribution in [0, 0.1) is 6.92 Å². The first kappa shape index (κ1) is 11.5. The Hall–Kier alpha value is -1.02. The number of hydrogen-bond donors (Lipinski definition) is 1. The van der Waals surface area contributed by atoms with Crippen molar-refractivity contribution >= 4 is 5.69 Å². The molecule has 1 aromatic rings. The van der Waals surface area contributed by atoms with Gasteiger partial charge in [0, 0.05) is 11.7 Å². The largest absolute Gasteiger partial charge is 0.376 e. The Morgan fingerprint density at radius 3 is 2.50 bits per heavy atom. The standard InChI is InChI=1S/C14H20NO/c1-12-7-5-6-10-14(12)15(11-16)13-8-3-2-4-9-13/h5-7,10,13,16H,1-4,8-9,11H2. The number of anilines is 1. The van der Waals surface area contributed by atoms with Gasteiger partial charge >= 0.3 is 0 Å². The van der Waals surface area contributed by atoms with Gasteiger partial charge in [0.25, 0.3) is 0 Å². The fraction of sp³-hybridized carbons (Fsp3) is 0.500. The van der Waals surface area contributed by atoms with E-state index in [-0.39, 0.29) is 6.73 Å². The van der Waals surface area contributed by atoms with E-state index in [2.05, 4.69) is 11.8 Å². The van der Waals surface area contributed by atoms with Crippen LogP contribution in [0.1, 0.15) is 37.7 Å². The van der Waals surface area contributed by atoms with Crippen LogP contribution in [0.25, 0.3) is 0 Å². The maximum absolute atomic E-state index is 9.55. The van der Waals surface area contributed by atoms with Gasteiger partial charge in [-0.15, -0.1) is 0 Å². The first-order chi connectivity index (χ1) is 7.83. The Morgan fingerprint density at radius 2 is 1.88 bits per heavy atom. The number of hydrogen-bond acceptors (Lipinski definition) is 2. The predicted octanol–water partition coefficient (Wildman–Crippen LogP) is 2.96. The minimum absolute atomic E-state index is 0.0944. The van der Waals surface area contributed by atoms with Crippen molar-refractivity contribution in [1.82, 2.24) is 0 Å². The maximum Gasteiger partial charge on any atom is 0.115 e. The summed E-state index contributed by atoms with van der Waals surface area (Å²) < 4.78 is 0. The zero-order chi connectivity index (χ0) is 11.4. The molecule has 2 heteroatoms. The van der Waals surface area contributed by atoms with Crippen LogP contribution >= 0.6 is 0 Å². The molecule has 1 fully saturated rings. The molecule has 1 aromatic carbocycles. The molecule has 0 bridgehead atoms. The molecule has 0 amide bonds. The third-order valence-electron chi connectivity index (χ3n) is 3.47. The second-order valence-electron chi connectivity index (χ2n) is 4.53. The van der Waals surface area contributed by atoms with Crippen LogP contribution in [0.4, 0.5) is 5.69 Å². The van der Waals surface area contributed by atoms with E-state index in [1.54, 1.807) is 0 Å². The minimum atomic E-state index is 0.0944. The minimum Gasteiger partial charge on any atom is -0.376 e. The molecule has 1 saturated carbocycles. The highest BCUT2D eigenvalue weighted by Gasteiger charge is 2.21. The normalized spacial score (nSPS) is 17.4. The molecule has 0 saturated heterocycles. The second kappa shape index (κ2) is 5.35. The van der Waals surface area contributed by atoms with Crippen LogP contribution in [-0.4, -0.2) is 17.9 Å². The van der Waals surface area contributed by atoms with Crippen LogP contribution in [-0.2, 0) is 0 Å². The van der Waals surface area contributed by atoms with E-state index in [4.69, 9.17) is 0 Å².